The van der Waals surface area contributed by atoms with E-state index in [-0.39, 0.29) is 0 Å². The van der Waals surface area contributed by atoms with Crippen LogP contribution < -0.4 is 10.1 Å². The number of hydrogen-bond acceptors (Lipinski definition) is 3. The zero-order chi connectivity index (χ0) is 24.3. The summed E-state index contributed by atoms with van der Waals surface area (Å²) in [4.78, 5) is 0. The van der Waals surface area contributed by atoms with Gasteiger partial charge in [0.05, 0.1) is 0 Å². The van der Waals surface area contributed by atoms with Crippen molar-refractivity contribution in [2.75, 3.05) is 19.7 Å². The standard InChI is InChI=1S/C32H39NO2/c1-2-31(26-14-8-4-9-15-26)32(27-16-10-5-11-17-27)28-18-20-30(21-19-28)35-24-29(34)23-33-22-25-12-6-3-7-13-25/h4-5,8-11,14-21,25,29,33-34H,2-3,6-7,12-13,22-24H2,1H3. The highest BCUT2D eigenvalue weighted by atomic mass is 16.5. The summed E-state index contributed by atoms with van der Waals surface area (Å²) in [7, 11) is 0. The highest BCUT2D eigenvalue weighted by Crippen LogP contribution is 2.34. The molecule has 0 radical (unpaired) electrons. The number of nitrogens with one attached hydrogen (secondary N) is 1. The van der Waals surface area contributed by atoms with Crippen LogP contribution in [-0.4, -0.2) is 30.9 Å². The Hall–Kier alpha value is -2.88. The van der Waals surface area contributed by atoms with Gasteiger partial charge in [0.2, 0.25) is 0 Å². The molecule has 4 rings (SSSR count). The molecule has 3 nitrogen and oxygen atoms in total. The van der Waals surface area contributed by atoms with Crippen LogP contribution in [0.4, 0.5) is 0 Å². The molecule has 35 heavy (non-hydrogen) atoms. The molecule has 1 unspecified atom stereocenters. The van der Waals surface area contributed by atoms with Gasteiger partial charge in [-0.3, -0.25) is 0 Å². The second-order valence-corrected chi connectivity index (χ2v) is 9.59. The summed E-state index contributed by atoms with van der Waals surface area (Å²) in [6.45, 7) is 4.09. The molecule has 0 aliphatic heterocycles. The van der Waals surface area contributed by atoms with E-state index < -0.39 is 6.10 Å². The first-order valence-electron chi connectivity index (χ1n) is 13.2. The van der Waals surface area contributed by atoms with Crippen molar-refractivity contribution in [2.45, 2.75) is 51.6 Å². The van der Waals surface area contributed by atoms with Crippen LogP contribution in [0.5, 0.6) is 5.75 Å². The molecule has 0 amide bonds. The minimum atomic E-state index is -0.511. The van der Waals surface area contributed by atoms with Gasteiger partial charge in [-0.1, -0.05) is 99.0 Å². The van der Waals surface area contributed by atoms with Gasteiger partial charge >= 0.3 is 0 Å². The number of benzene rings is 3. The summed E-state index contributed by atoms with van der Waals surface area (Å²) in [5.74, 6) is 1.55. The molecular weight excluding hydrogens is 430 g/mol. The molecule has 1 atom stereocenters. The summed E-state index contributed by atoms with van der Waals surface area (Å²) in [5, 5.41) is 13.8. The first-order valence-corrected chi connectivity index (χ1v) is 13.2. The minimum Gasteiger partial charge on any atom is -0.491 e. The van der Waals surface area contributed by atoms with Gasteiger partial charge in [-0.2, -0.15) is 0 Å². The van der Waals surface area contributed by atoms with Gasteiger partial charge in [0, 0.05) is 6.54 Å². The van der Waals surface area contributed by atoms with Crippen LogP contribution in [0.2, 0.25) is 0 Å². The summed E-state index contributed by atoms with van der Waals surface area (Å²) in [5.41, 5.74) is 6.20. The molecule has 0 bridgehead atoms. The average molecular weight is 470 g/mol. The van der Waals surface area contributed by atoms with Gasteiger partial charge in [-0.05, 0) is 71.7 Å². The lowest BCUT2D eigenvalue weighted by Gasteiger charge is -2.22. The third-order valence-electron chi connectivity index (χ3n) is 6.96. The molecule has 1 aliphatic carbocycles. The van der Waals surface area contributed by atoms with Crippen LogP contribution in [0.1, 0.15) is 62.1 Å². The number of aliphatic hydroxyl groups excluding tert-OH is 1. The maximum Gasteiger partial charge on any atom is 0.119 e. The van der Waals surface area contributed by atoms with Gasteiger partial charge in [0.15, 0.2) is 0 Å². The third kappa shape index (κ3) is 7.30. The second kappa shape index (κ2) is 13.3. The Labute approximate surface area is 210 Å². The van der Waals surface area contributed by atoms with Crippen LogP contribution in [0.25, 0.3) is 11.1 Å². The van der Waals surface area contributed by atoms with Crippen LogP contribution in [-0.2, 0) is 0 Å². The molecule has 3 heteroatoms. The lowest BCUT2D eigenvalue weighted by Crippen LogP contribution is -2.34. The van der Waals surface area contributed by atoms with E-state index in [2.05, 4.69) is 85.0 Å². The van der Waals surface area contributed by atoms with Gasteiger partial charge in [-0.25, -0.2) is 0 Å². The van der Waals surface area contributed by atoms with Crippen molar-refractivity contribution in [3.8, 4) is 5.75 Å². The minimum absolute atomic E-state index is 0.294. The number of ether oxygens (including phenoxy) is 1. The monoisotopic (exact) mass is 469 g/mol. The Morgan fingerprint density at radius 1 is 0.829 bits per heavy atom. The van der Waals surface area contributed by atoms with E-state index in [0.717, 1.165) is 24.6 Å². The first-order chi connectivity index (χ1) is 17.2. The fraction of sp³-hybridized carbons (Fsp3) is 0.375. The van der Waals surface area contributed by atoms with Gasteiger partial charge < -0.3 is 15.2 Å². The van der Waals surface area contributed by atoms with E-state index in [4.69, 9.17) is 4.74 Å². The maximum absolute atomic E-state index is 10.4. The predicted molar refractivity (Wildman–Crippen MR) is 146 cm³/mol. The third-order valence-corrected chi connectivity index (χ3v) is 6.96. The molecule has 3 aromatic rings. The van der Waals surface area contributed by atoms with Crippen molar-refractivity contribution in [1.29, 1.82) is 0 Å². The molecular formula is C32H39NO2. The highest BCUT2D eigenvalue weighted by molar-refractivity contribution is 5.98. The van der Waals surface area contributed by atoms with Crippen LogP contribution in [0.15, 0.2) is 84.9 Å². The quantitative estimate of drug-likeness (QED) is 0.298. The van der Waals surface area contributed by atoms with Gasteiger partial charge in [0.1, 0.15) is 18.5 Å². The molecule has 1 fully saturated rings. The van der Waals surface area contributed by atoms with Crippen molar-refractivity contribution in [2.24, 2.45) is 5.92 Å². The normalized spacial score (nSPS) is 15.9. The Balaban J connectivity index is 1.42. The second-order valence-electron chi connectivity index (χ2n) is 9.59. The lowest BCUT2D eigenvalue weighted by molar-refractivity contribution is 0.105. The fourth-order valence-corrected chi connectivity index (χ4v) is 5.10. The summed E-state index contributed by atoms with van der Waals surface area (Å²) >= 11 is 0. The molecule has 0 heterocycles. The molecule has 0 aromatic heterocycles. The Morgan fingerprint density at radius 2 is 1.43 bits per heavy atom. The van der Waals surface area contributed by atoms with Crippen LogP contribution in [0, 0.1) is 5.92 Å². The first kappa shape index (κ1) is 25.2. The van der Waals surface area contributed by atoms with E-state index in [1.807, 2.05) is 12.1 Å². The number of allylic oxidation sites excluding steroid dienone is 1. The zero-order valence-corrected chi connectivity index (χ0v) is 21.0. The predicted octanol–water partition coefficient (Wildman–Crippen LogP) is 6.97. The molecule has 0 spiro atoms. The van der Waals surface area contributed by atoms with E-state index in [9.17, 15) is 5.11 Å². The van der Waals surface area contributed by atoms with Crippen molar-refractivity contribution in [1.82, 2.24) is 5.32 Å². The van der Waals surface area contributed by atoms with Crippen LogP contribution in [0.3, 0.4) is 0 Å². The lowest BCUT2D eigenvalue weighted by atomic mass is 9.88. The molecule has 184 valence electrons. The number of hydrogen-bond donors (Lipinski definition) is 2. The Morgan fingerprint density at radius 3 is 2.06 bits per heavy atom. The van der Waals surface area contributed by atoms with E-state index in [0.29, 0.717) is 13.2 Å². The molecule has 2 N–H and O–H groups in total. The molecule has 3 aromatic carbocycles. The Bertz CT molecular complexity index is 1040. The van der Waals surface area contributed by atoms with E-state index in [1.54, 1.807) is 0 Å². The largest absolute Gasteiger partial charge is 0.491 e. The topological polar surface area (TPSA) is 41.5 Å². The van der Waals surface area contributed by atoms with Gasteiger partial charge in [0.25, 0.3) is 0 Å². The fourth-order valence-electron chi connectivity index (χ4n) is 5.10. The van der Waals surface area contributed by atoms with E-state index in [1.165, 1.54) is 59.9 Å². The zero-order valence-electron chi connectivity index (χ0n) is 21.0. The van der Waals surface area contributed by atoms with Crippen molar-refractivity contribution in [3.63, 3.8) is 0 Å². The van der Waals surface area contributed by atoms with Crippen molar-refractivity contribution < 1.29 is 9.84 Å². The van der Waals surface area contributed by atoms with Crippen LogP contribution >= 0.6 is 0 Å². The SMILES string of the molecule is CCC(=C(c1ccccc1)c1ccc(OCC(O)CNCC2CCCCC2)cc1)c1ccccc1. The molecule has 1 saturated carbocycles. The maximum atomic E-state index is 10.4. The van der Waals surface area contributed by atoms with Crippen molar-refractivity contribution in [3.05, 3.63) is 102 Å². The number of rotatable bonds is 11. The van der Waals surface area contributed by atoms with E-state index >= 15 is 0 Å². The summed E-state index contributed by atoms with van der Waals surface area (Å²) in [6, 6.07) is 29.5. The summed E-state index contributed by atoms with van der Waals surface area (Å²) in [6.07, 6.45) is 7.13. The summed E-state index contributed by atoms with van der Waals surface area (Å²) < 4.78 is 5.92. The highest BCUT2D eigenvalue weighted by Gasteiger charge is 2.15. The number of aliphatic hydroxyl groups is 1. The molecule has 1 aliphatic rings. The molecule has 0 saturated heterocycles. The Kier molecular flexibility index (Phi) is 9.56. The van der Waals surface area contributed by atoms with Crippen molar-refractivity contribution >= 4 is 11.1 Å². The van der Waals surface area contributed by atoms with Gasteiger partial charge in [-0.15, -0.1) is 0 Å². The average Bonchev–Trinajstić information content (AvgIpc) is 2.92. The smallest absolute Gasteiger partial charge is 0.119 e.